The van der Waals surface area contributed by atoms with Crippen LogP contribution in [0.25, 0.3) is 0 Å². The second-order valence-corrected chi connectivity index (χ2v) is 8.96. The predicted molar refractivity (Wildman–Crippen MR) is 76.5 cm³/mol. The lowest BCUT2D eigenvalue weighted by atomic mass is 10.2. The Balaban J connectivity index is 2.39. The molecule has 2 atom stereocenters. The molecule has 5 nitrogen and oxygen atoms in total. The summed E-state index contributed by atoms with van der Waals surface area (Å²) in [7, 11) is -3.46. The highest BCUT2D eigenvalue weighted by Crippen LogP contribution is 2.33. The SMILES string of the molecule is Cc1nc(N)sc1S(=O)(=O)N1CCSC(C)C1C. The summed E-state index contributed by atoms with van der Waals surface area (Å²) in [5, 5.41) is 0.609. The van der Waals surface area contributed by atoms with Crippen LogP contribution < -0.4 is 5.73 Å². The first-order valence-electron chi connectivity index (χ1n) is 5.70. The topological polar surface area (TPSA) is 76.3 Å². The van der Waals surface area contributed by atoms with E-state index in [1.54, 1.807) is 11.2 Å². The molecule has 1 fully saturated rings. The fourth-order valence-corrected chi connectivity index (χ4v) is 6.40. The van der Waals surface area contributed by atoms with Crippen molar-refractivity contribution in [3.8, 4) is 0 Å². The number of nitrogens with zero attached hydrogens (tertiary/aromatic N) is 2. The minimum atomic E-state index is -3.46. The van der Waals surface area contributed by atoms with E-state index in [0.717, 1.165) is 17.1 Å². The molecule has 2 N–H and O–H groups in total. The van der Waals surface area contributed by atoms with Gasteiger partial charge in [-0.25, -0.2) is 13.4 Å². The molecule has 0 saturated carbocycles. The van der Waals surface area contributed by atoms with Gasteiger partial charge in [0.25, 0.3) is 10.0 Å². The van der Waals surface area contributed by atoms with Crippen molar-refractivity contribution in [3.05, 3.63) is 5.69 Å². The monoisotopic (exact) mass is 307 g/mol. The molecule has 0 aromatic carbocycles. The maximum absolute atomic E-state index is 12.6. The molecule has 1 aliphatic rings. The van der Waals surface area contributed by atoms with Crippen molar-refractivity contribution in [1.29, 1.82) is 0 Å². The molecule has 1 aromatic rings. The van der Waals surface area contributed by atoms with Crippen LogP contribution in [0.1, 0.15) is 19.5 Å². The summed E-state index contributed by atoms with van der Waals surface area (Å²) in [5.74, 6) is 0.831. The lowest BCUT2D eigenvalue weighted by molar-refractivity contribution is 0.341. The molecule has 1 aliphatic heterocycles. The normalized spacial score (nSPS) is 26.4. The molecule has 8 heteroatoms. The fourth-order valence-electron chi connectivity index (χ4n) is 1.99. The Labute approximate surface area is 116 Å². The molecule has 2 unspecified atom stereocenters. The van der Waals surface area contributed by atoms with Crippen LogP contribution in [-0.4, -0.2) is 41.3 Å². The molecule has 18 heavy (non-hydrogen) atoms. The van der Waals surface area contributed by atoms with Gasteiger partial charge < -0.3 is 5.73 Å². The lowest BCUT2D eigenvalue weighted by Gasteiger charge is -2.36. The third kappa shape index (κ3) is 2.38. The van der Waals surface area contributed by atoms with Gasteiger partial charge >= 0.3 is 0 Å². The first kappa shape index (κ1) is 14.1. The van der Waals surface area contributed by atoms with Gasteiger partial charge in [0.2, 0.25) is 0 Å². The second-order valence-electron chi connectivity index (χ2n) is 4.36. The number of aryl methyl sites for hydroxylation is 1. The Morgan fingerprint density at radius 1 is 1.44 bits per heavy atom. The van der Waals surface area contributed by atoms with Gasteiger partial charge in [0.1, 0.15) is 0 Å². The zero-order valence-corrected chi connectivity index (χ0v) is 13.0. The summed E-state index contributed by atoms with van der Waals surface area (Å²) in [4.78, 5) is 4.00. The zero-order valence-electron chi connectivity index (χ0n) is 10.6. The van der Waals surface area contributed by atoms with E-state index in [-0.39, 0.29) is 10.3 Å². The van der Waals surface area contributed by atoms with E-state index in [4.69, 9.17) is 5.73 Å². The first-order valence-corrected chi connectivity index (χ1v) is 9.01. The molecular weight excluding hydrogens is 290 g/mol. The van der Waals surface area contributed by atoms with Crippen molar-refractivity contribution in [2.24, 2.45) is 0 Å². The molecule has 2 rings (SSSR count). The van der Waals surface area contributed by atoms with E-state index in [1.165, 1.54) is 0 Å². The third-order valence-corrected chi connectivity index (χ3v) is 8.04. The Kier molecular flexibility index (Phi) is 3.91. The number of nitrogen functional groups attached to an aromatic ring is 1. The Bertz CT molecular complexity index is 541. The quantitative estimate of drug-likeness (QED) is 0.897. The highest BCUT2D eigenvalue weighted by molar-refractivity contribution is 8.00. The zero-order chi connectivity index (χ0) is 13.5. The molecule has 0 radical (unpaired) electrons. The Hall–Kier alpha value is -0.310. The van der Waals surface area contributed by atoms with E-state index >= 15 is 0 Å². The minimum absolute atomic E-state index is 0.00326. The average Bonchev–Trinajstić information content (AvgIpc) is 2.62. The molecule has 0 bridgehead atoms. The van der Waals surface area contributed by atoms with E-state index in [1.807, 2.05) is 18.7 Å². The van der Waals surface area contributed by atoms with Gasteiger partial charge in [-0.15, -0.1) is 0 Å². The Morgan fingerprint density at radius 2 is 2.11 bits per heavy atom. The smallest absolute Gasteiger partial charge is 0.254 e. The van der Waals surface area contributed by atoms with Crippen molar-refractivity contribution in [2.45, 2.75) is 36.3 Å². The van der Waals surface area contributed by atoms with Gasteiger partial charge in [-0.05, 0) is 13.8 Å². The highest BCUT2D eigenvalue weighted by atomic mass is 32.2. The van der Waals surface area contributed by atoms with Gasteiger partial charge in [-0.3, -0.25) is 0 Å². The van der Waals surface area contributed by atoms with Crippen LogP contribution in [-0.2, 0) is 10.0 Å². The number of anilines is 1. The van der Waals surface area contributed by atoms with Crippen molar-refractivity contribution < 1.29 is 8.42 Å². The van der Waals surface area contributed by atoms with Gasteiger partial charge in [0.05, 0.1) is 5.69 Å². The van der Waals surface area contributed by atoms with Crippen LogP contribution in [0.4, 0.5) is 5.13 Å². The van der Waals surface area contributed by atoms with E-state index < -0.39 is 10.0 Å². The maximum atomic E-state index is 12.6. The van der Waals surface area contributed by atoms with Crippen LogP contribution in [0.5, 0.6) is 0 Å². The summed E-state index contributed by atoms with van der Waals surface area (Å²) >= 11 is 2.86. The number of thiazole rings is 1. The number of hydrogen-bond acceptors (Lipinski definition) is 6. The lowest BCUT2D eigenvalue weighted by Crippen LogP contribution is -2.47. The molecule has 2 heterocycles. The maximum Gasteiger partial charge on any atom is 0.254 e. The summed E-state index contributed by atoms with van der Waals surface area (Å²) in [6.07, 6.45) is 0. The fraction of sp³-hybridized carbons (Fsp3) is 0.700. The predicted octanol–water partition coefficient (Wildman–Crippen LogP) is 1.55. The second kappa shape index (κ2) is 4.99. The summed E-state index contributed by atoms with van der Waals surface area (Å²) in [6, 6.07) is -0.00326. The van der Waals surface area contributed by atoms with Crippen molar-refractivity contribution in [2.75, 3.05) is 18.0 Å². The van der Waals surface area contributed by atoms with Crippen LogP contribution in [0.2, 0.25) is 0 Å². The first-order chi connectivity index (χ1) is 8.34. The Morgan fingerprint density at radius 3 is 2.67 bits per heavy atom. The molecule has 102 valence electrons. The summed E-state index contributed by atoms with van der Waals surface area (Å²) < 4.78 is 27.1. The molecule has 0 aliphatic carbocycles. The van der Waals surface area contributed by atoms with Crippen LogP contribution in [0, 0.1) is 6.92 Å². The summed E-state index contributed by atoms with van der Waals surface area (Å²) in [6.45, 7) is 6.25. The number of hydrogen-bond donors (Lipinski definition) is 1. The summed E-state index contributed by atoms with van der Waals surface area (Å²) in [5.41, 5.74) is 6.08. The van der Waals surface area contributed by atoms with Crippen molar-refractivity contribution in [1.82, 2.24) is 9.29 Å². The molecular formula is C10H17N3O2S3. The van der Waals surface area contributed by atoms with Crippen molar-refractivity contribution in [3.63, 3.8) is 0 Å². The number of rotatable bonds is 2. The number of nitrogens with two attached hydrogens (primary N) is 1. The van der Waals surface area contributed by atoms with Gasteiger partial charge in [-0.1, -0.05) is 18.3 Å². The third-order valence-electron chi connectivity index (χ3n) is 3.14. The molecule has 0 amide bonds. The van der Waals surface area contributed by atoms with E-state index in [0.29, 0.717) is 22.6 Å². The molecule has 1 aromatic heterocycles. The molecule has 0 spiro atoms. The molecule has 1 saturated heterocycles. The number of sulfonamides is 1. The van der Waals surface area contributed by atoms with Crippen LogP contribution >= 0.6 is 23.1 Å². The van der Waals surface area contributed by atoms with Gasteiger partial charge in [0, 0.05) is 23.6 Å². The largest absolute Gasteiger partial charge is 0.375 e. The number of aromatic nitrogens is 1. The highest BCUT2D eigenvalue weighted by Gasteiger charge is 2.37. The standard InChI is InChI=1S/C10H17N3O2S3/c1-6-9(17-10(11)12-6)18(14,15)13-4-5-16-8(3)7(13)2/h7-8H,4-5H2,1-3H3,(H2,11,12). The number of thioether (sulfide) groups is 1. The van der Waals surface area contributed by atoms with Crippen LogP contribution in [0.15, 0.2) is 4.21 Å². The van der Waals surface area contributed by atoms with Crippen LogP contribution in [0.3, 0.4) is 0 Å². The average molecular weight is 307 g/mol. The van der Waals surface area contributed by atoms with Gasteiger partial charge in [0.15, 0.2) is 9.34 Å². The minimum Gasteiger partial charge on any atom is -0.375 e. The van der Waals surface area contributed by atoms with E-state index in [2.05, 4.69) is 11.9 Å². The van der Waals surface area contributed by atoms with Gasteiger partial charge in [-0.2, -0.15) is 16.1 Å². The van der Waals surface area contributed by atoms with E-state index in [9.17, 15) is 8.42 Å². The van der Waals surface area contributed by atoms with Crippen molar-refractivity contribution >= 4 is 38.3 Å².